The van der Waals surface area contributed by atoms with Crippen molar-refractivity contribution in [2.45, 2.75) is 45.2 Å². The van der Waals surface area contributed by atoms with Crippen molar-refractivity contribution in [2.75, 3.05) is 5.73 Å². The molecule has 5 heteroatoms. The highest BCUT2D eigenvalue weighted by Crippen LogP contribution is 2.20. The fraction of sp³-hybridized carbons (Fsp3) is 0.538. The SMILES string of the molecule is CC1CCCC(C)N1NC(=O)c1cnccc1N. The number of hydrogen-bond acceptors (Lipinski definition) is 4. The van der Waals surface area contributed by atoms with E-state index in [1.54, 1.807) is 12.3 Å². The van der Waals surface area contributed by atoms with Crippen LogP contribution in [0.2, 0.25) is 0 Å². The van der Waals surface area contributed by atoms with Crippen molar-refractivity contribution in [3.05, 3.63) is 24.0 Å². The number of aromatic nitrogens is 1. The highest BCUT2D eigenvalue weighted by molar-refractivity contribution is 5.98. The van der Waals surface area contributed by atoms with Crippen LogP contribution in [-0.4, -0.2) is 28.0 Å². The third-order valence-electron chi connectivity index (χ3n) is 3.52. The maximum absolute atomic E-state index is 12.2. The fourth-order valence-electron chi connectivity index (χ4n) is 2.41. The van der Waals surface area contributed by atoms with Gasteiger partial charge in [-0.2, -0.15) is 0 Å². The second-order valence-electron chi connectivity index (χ2n) is 4.94. The Morgan fingerprint density at radius 1 is 1.44 bits per heavy atom. The molecular formula is C13H20N4O. The molecule has 1 saturated heterocycles. The third kappa shape index (κ3) is 2.61. The monoisotopic (exact) mass is 248 g/mol. The van der Waals surface area contributed by atoms with Crippen molar-refractivity contribution < 1.29 is 4.79 Å². The summed E-state index contributed by atoms with van der Waals surface area (Å²) in [5.74, 6) is -0.179. The third-order valence-corrected chi connectivity index (χ3v) is 3.52. The summed E-state index contributed by atoms with van der Waals surface area (Å²) in [6.45, 7) is 4.26. The number of nitrogens with zero attached hydrogens (tertiary/aromatic N) is 2. The Kier molecular flexibility index (Phi) is 3.81. The van der Waals surface area contributed by atoms with Crippen LogP contribution in [0.4, 0.5) is 5.69 Å². The molecule has 1 aliphatic rings. The Morgan fingerprint density at radius 2 is 2.11 bits per heavy atom. The molecular weight excluding hydrogens is 228 g/mol. The van der Waals surface area contributed by atoms with Gasteiger partial charge in [-0.05, 0) is 32.8 Å². The van der Waals surface area contributed by atoms with Crippen LogP contribution in [0.5, 0.6) is 0 Å². The summed E-state index contributed by atoms with van der Waals surface area (Å²) in [5.41, 5.74) is 9.62. The second kappa shape index (κ2) is 5.35. The summed E-state index contributed by atoms with van der Waals surface area (Å²) in [5, 5.41) is 2.03. The van der Waals surface area contributed by atoms with E-state index >= 15 is 0 Å². The lowest BCUT2D eigenvalue weighted by Crippen LogP contribution is -2.54. The number of nitrogen functional groups attached to an aromatic ring is 1. The first-order valence-electron chi connectivity index (χ1n) is 6.38. The maximum Gasteiger partial charge on any atom is 0.269 e. The first-order chi connectivity index (χ1) is 8.59. The molecule has 2 unspecified atom stereocenters. The lowest BCUT2D eigenvalue weighted by atomic mass is 10.00. The van der Waals surface area contributed by atoms with Crippen LogP contribution in [0.15, 0.2) is 18.5 Å². The fourth-order valence-corrected chi connectivity index (χ4v) is 2.41. The molecule has 0 aromatic carbocycles. The van der Waals surface area contributed by atoms with Crippen LogP contribution in [0.25, 0.3) is 0 Å². The zero-order chi connectivity index (χ0) is 13.1. The average molecular weight is 248 g/mol. The lowest BCUT2D eigenvalue weighted by Gasteiger charge is -2.38. The molecule has 98 valence electrons. The minimum absolute atomic E-state index is 0.179. The molecule has 0 bridgehead atoms. The van der Waals surface area contributed by atoms with Crippen LogP contribution in [-0.2, 0) is 0 Å². The number of rotatable bonds is 2. The Hall–Kier alpha value is -1.62. The van der Waals surface area contributed by atoms with Gasteiger partial charge in [-0.1, -0.05) is 6.42 Å². The van der Waals surface area contributed by atoms with Crippen molar-refractivity contribution >= 4 is 11.6 Å². The zero-order valence-electron chi connectivity index (χ0n) is 10.9. The van der Waals surface area contributed by atoms with Crippen LogP contribution in [0.3, 0.4) is 0 Å². The van der Waals surface area contributed by atoms with Gasteiger partial charge in [0.2, 0.25) is 0 Å². The van der Waals surface area contributed by atoms with Crippen LogP contribution >= 0.6 is 0 Å². The number of anilines is 1. The van der Waals surface area contributed by atoms with Gasteiger partial charge in [-0.15, -0.1) is 0 Å². The summed E-state index contributed by atoms with van der Waals surface area (Å²) in [7, 11) is 0. The molecule has 0 saturated carbocycles. The van der Waals surface area contributed by atoms with E-state index in [-0.39, 0.29) is 5.91 Å². The van der Waals surface area contributed by atoms with Crippen molar-refractivity contribution in [2.24, 2.45) is 0 Å². The molecule has 1 aliphatic heterocycles. The summed E-state index contributed by atoms with van der Waals surface area (Å²) < 4.78 is 0. The van der Waals surface area contributed by atoms with Crippen LogP contribution < -0.4 is 11.2 Å². The summed E-state index contributed by atoms with van der Waals surface area (Å²) in [6, 6.07) is 2.35. The maximum atomic E-state index is 12.2. The van der Waals surface area contributed by atoms with E-state index in [1.165, 1.54) is 12.6 Å². The largest absolute Gasteiger partial charge is 0.398 e. The molecule has 0 aliphatic carbocycles. The number of hydrogen-bond donors (Lipinski definition) is 2. The van der Waals surface area contributed by atoms with E-state index < -0.39 is 0 Å². The number of pyridine rings is 1. The predicted molar refractivity (Wildman–Crippen MR) is 70.7 cm³/mol. The van der Waals surface area contributed by atoms with E-state index in [2.05, 4.69) is 24.3 Å². The topological polar surface area (TPSA) is 71.2 Å². The van der Waals surface area contributed by atoms with Gasteiger partial charge in [-0.3, -0.25) is 15.2 Å². The van der Waals surface area contributed by atoms with E-state index in [9.17, 15) is 4.79 Å². The predicted octanol–water partition coefficient (Wildman–Crippen LogP) is 1.57. The average Bonchev–Trinajstić information content (AvgIpc) is 2.34. The summed E-state index contributed by atoms with van der Waals surface area (Å²) in [4.78, 5) is 16.1. The minimum atomic E-state index is -0.179. The summed E-state index contributed by atoms with van der Waals surface area (Å²) >= 11 is 0. The van der Waals surface area contributed by atoms with Gasteiger partial charge in [0.25, 0.3) is 5.91 Å². The van der Waals surface area contributed by atoms with Gasteiger partial charge in [0.1, 0.15) is 0 Å². The Labute approximate surface area is 107 Å². The molecule has 5 nitrogen and oxygen atoms in total. The standard InChI is InChI=1S/C13H20N4O/c1-9-4-3-5-10(2)17(9)16-13(18)11-8-15-7-6-12(11)14/h6-10H,3-5H2,1-2H3,(H2,14,15)(H,16,18). The van der Waals surface area contributed by atoms with Gasteiger partial charge < -0.3 is 5.73 Å². The number of amides is 1. The van der Waals surface area contributed by atoms with E-state index in [0.29, 0.717) is 23.3 Å². The molecule has 0 spiro atoms. The van der Waals surface area contributed by atoms with E-state index in [0.717, 1.165) is 12.8 Å². The number of piperidine rings is 1. The Morgan fingerprint density at radius 3 is 2.72 bits per heavy atom. The van der Waals surface area contributed by atoms with E-state index in [1.807, 2.05) is 5.01 Å². The molecule has 2 rings (SSSR count). The Balaban J connectivity index is 2.09. The Bertz CT molecular complexity index is 425. The van der Waals surface area contributed by atoms with Gasteiger partial charge >= 0.3 is 0 Å². The van der Waals surface area contributed by atoms with Crippen LogP contribution in [0, 0.1) is 0 Å². The summed E-state index contributed by atoms with van der Waals surface area (Å²) in [6.07, 6.45) is 6.51. The first kappa shape index (κ1) is 12.8. The molecule has 0 radical (unpaired) electrons. The lowest BCUT2D eigenvalue weighted by molar-refractivity contribution is 0.0370. The number of nitrogens with one attached hydrogen (secondary N) is 1. The van der Waals surface area contributed by atoms with Crippen molar-refractivity contribution in [1.29, 1.82) is 0 Å². The molecule has 2 heterocycles. The van der Waals surface area contributed by atoms with Crippen LogP contribution in [0.1, 0.15) is 43.5 Å². The number of carbonyl (C=O) groups excluding carboxylic acids is 1. The van der Waals surface area contributed by atoms with E-state index in [4.69, 9.17) is 5.73 Å². The molecule has 2 atom stereocenters. The normalized spacial score (nSPS) is 24.8. The minimum Gasteiger partial charge on any atom is -0.398 e. The van der Waals surface area contributed by atoms with Crippen molar-refractivity contribution in [3.63, 3.8) is 0 Å². The molecule has 1 aromatic rings. The molecule has 18 heavy (non-hydrogen) atoms. The molecule has 1 fully saturated rings. The number of hydrazine groups is 1. The van der Waals surface area contributed by atoms with Crippen molar-refractivity contribution in [3.8, 4) is 0 Å². The molecule has 1 aromatic heterocycles. The van der Waals surface area contributed by atoms with Gasteiger partial charge in [-0.25, -0.2) is 5.01 Å². The first-order valence-corrected chi connectivity index (χ1v) is 6.38. The molecule has 3 N–H and O–H groups in total. The molecule has 1 amide bonds. The van der Waals surface area contributed by atoms with Gasteiger partial charge in [0, 0.05) is 30.2 Å². The number of nitrogens with two attached hydrogens (primary N) is 1. The highest BCUT2D eigenvalue weighted by atomic mass is 16.2. The van der Waals surface area contributed by atoms with Gasteiger partial charge in [0.05, 0.1) is 5.56 Å². The van der Waals surface area contributed by atoms with Gasteiger partial charge in [0.15, 0.2) is 0 Å². The zero-order valence-corrected chi connectivity index (χ0v) is 10.9. The second-order valence-corrected chi connectivity index (χ2v) is 4.94. The highest BCUT2D eigenvalue weighted by Gasteiger charge is 2.26. The van der Waals surface area contributed by atoms with Crippen molar-refractivity contribution in [1.82, 2.24) is 15.4 Å². The number of carbonyl (C=O) groups is 1. The quantitative estimate of drug-likeness (QED) is 0.833. The smallest absolute Gasteiger partial charge is 0.269 e.